The molecule has 0 fully saturated rings. The molecule has 0 spiro atoms. The zero-order valence-corrected chi connectivity index (χ0v) is 14.2. The van der Waals surface area contributed by atoms with Crippen LogP contribution in [0.15, 0.2) is 48.5 Å². The Morgan fingerprint density at radius 3 is 2.56 bits per heavy atom. The normalized spacial score (nSPS) is 11.4. The third-order valence-electron chi connectivity index (χ3n) is 3.77. The van der Waals surface area contributed by atoms with Crippen LogP contribution in [-0.4, -0.2) is 22.4 Å². The summed E-state index contributed by atoms with van der Waals surface area (Å²) in [6, 6.07) is 15.5. The van der Waals surface area contributed by atoms with Crippen LogP contribution in [-0.2, 0) is 0 Å². The number of methoxy groups -OCH3 is 1. The highest BCUT2D eigenvalue weighted by Gasteiger charge is 2.01. The van der Waals surface area contributed by atoms with E-state index in [1.807, 2.05) is 42.5 Å². The summed E-state index contributed by atoms with van der Waals surface area (Å²) in [5, 5.41) is 16.9. The van der Waals surface area contributed by atoms with Crippen LogP contribution in [0.2, 0.25) is 0 Å². The van der Waals surface area contributed by atoms with Crippen LogP contribution >= 0.6 is 0 Å². The van der Waals surface area contributed by atoms with Crippen LogP contribution in [0.25, 0.3) is 24.3 Å². The van der Waals surface area contributed by atoms with Gasteiger partial charge in [-0.05, 0) is 48.4 Å². The second-order valence-electron chi connectivity index (χ2n) is 5.76. The van der Waals surface area contributed by atoms with Gasteiger partial charge in [0.2, 0.25) is 0 Å². The van der Waals surface area contributed by atoms with Gasteiger partial charge in [0.1, 0.15) is 0 Å². The molecule has 1 aromatic heterocycles. The Bertz CT molecular complexity index is 923. The van der Waals surface area contributed by atoms with E-state index < -0.39 is 0 Å². The van der Waals surface area contributed by atoms with Crippen molar-refractivity contribution < 1.29 is 9.84 Å². The van der Waals surface area contributed by atoms with Gasteiger partial charge in [-0.2, -0.15) is 5.10 Å². The van der Waals surface area contributed by atoms with Crippen molar-refractivity contribution >= 4 is 24.3 Å². The van der Waals surface area contributed by atoms with E-state index in [2.05, 4.69) is 35.3 Å². The van der Waals surface area contributed by atoms with Crippen molar-refractivity contribution in [1.82, 2.24) is 10.2 Å². The van der Waals surface area contributed by atoms with E-state index in [-0.39, 0.29) is 5.75 Å². The molecule has 4 nitrogen and oxygen atoms in total. The third kappa shape index (κ3) is 4.38. The number of H-pyrrole nitrogens is 1. The number of ether oxygens (including phenoxy) is 1. The second-order valence-corrected chi connectivity index (χ2v) is 5.76. The van der Waals surface area contributed by atoms with E-state index in [0.717, 1.165) is 22.5 Å². The number of aryl methyl sites for hydroxylation is 1. The van der Waals surface area contributed by atoms with Crippen molar-refractivity contribution in [2.24, 2.45) is 0 Å². The number of benzene rings is 2. The van der Waals surface area contributed by atoms with Crippen molar-refractivity contribution in [3.8, 4) is 11.5 Å². The lowest BCUT2D eigenvalue weighted by molar-refractivity contribution is 0.373. The molecule has 0 bridgehead atoms. The van der Waals surface area contributed by atoms with Crippen molar-refractivity contribution in [3.63, 3.8) is 0 Å². The Hall–Kier alpha value is -3.27. The quantitative estimate of drug-likeness (QED) is 0.707. The molecule has 2 N–H and O–H groups in total. The summed E-state index contributed by atoms with van der Waals surface area (Å²) >= 11 is 0. The van der Waals surface area contributed by atoms with Crippen molar-refractivity contribution in [2.45, 2.75) is 6.92 Å². The summed E-state index contributed by atoms with van der Waals surface area (Å²) in [4.78, 5) is 0. The van der Waals surface area contributed by atoms with Crippen LogP contribution in [0, 0.1) is 6.92 Å². The van der Waals surface area contributed by atoms with E-state index >= 15 is 0 Å². The van der Waals surface area contributed by atoms with Crippen LogP contribution in [0.5, 0.6) is 11.5 Å². The third-order valence-corrected chi connectivity index (χ3v) is 3.77. The average molecular weight is 332 g/mol. The van der Waals surface area contributed by atoms with E-state index in [1.165, 1.54) is 12.7 Å². The fourth-order valence-corrected chi connectivity index (χ4v) is 2.46. The van der Waals surface area contributed by atoms with Crippen molar-refractivity contribution in [2.75, 3.05) is 7.11 Å². The Morgan fingerprint density at radius 1 is 0.960 bits per heavy atom. The molecule has 0 radical (unpaired) electrons. The van der Waals surface area contributed by atoms with E-state index in [0.29, 0.717) is 5.75 Å². The number of rotatable bonds is 5. The lowest BCUT2D eigenvalue weighted by atomic mass is 10.1. The zero-order chi connectivity index (χ0) is 17.6. The molecule has 4 heteroatoms. The van der Waals surface area contributed by atoms with E-state index in [1.54, 1.807) is 12.1 Å². The first-order chi connectivity index (χ1) is 12.1. The molecule has 126 valence electrons. The Kier molecular flexibility index (Phi) is 5.00. The number of aromatic hydroxyl groups is 1. The summed E-state index contributed by atoms with van der Waals surface area (Å²) in [6.07, 6.45) is 7.89. The number of nitrogens with zero attached hydrogens (tertiary/aromatic N) is 1. The highest BCUT2D eigenvalue weighted by Crippen LogP contribution is 2.27. The molecule has 2 aromatic carbocycles. The van der Waals surface area contributed by atoms with Crippen molar-refractivity contribution in [1.29, 1.82) is 0 Å². The maximum Gasteiger partial charge on any atom is 0.161 e. The monoisotopic (exact) mass is 332 g/mol. The maximum atomic E-state index is 9.62. The Labute approximate surface area is 147 Å². The summed E-state index contributed by atoms with van der Waals surface area (Å²) in [6.45, 7) is 2.08. The van der Waals surface area contributed by atoms with Gasteiger partial charge >= 0.3 is 0 Å². The molecule has 0 atom stereocenters. The van der Waals surface area contributed by atoms with Crippen LogP contribution < -0.4 is 4.74 Å². The largest absolute Gasteiger partial charge is 0.504 e. The van der Waals surface area contributed by atoms with Gasteiger partial charge in [-0.15, -0.1) is 0 Å². The van der Waals surface area contributed by atoms with E-state index in [9.17, 15) is 5.11 Å². The molecular weight excluding hydrogens is 312 g/mol. The molecule has 3 rings (SSSR count). The number of phenols is 1. The molecule has 0 saturated heterocycles. The van der Waals surface area contributed by atoms with Gasteiger partial charge in [-0.25, -0.2) is 0 Å². The first kappa shape index (κ1) is 16.6. The number of phenolic OH excluding ortho intramolecular Hbond substituents is 1. The minimum atomic E-state index is 0.129. The number of aromatic amines is 1. The minimum absolute atomic E-state index is 0.129. The Morgan fingerprint density at radius 2 is 1.76 bits per heavy atom. The highest BCUT2D eigenvalue weighted by molar-refractivity contribution is 5.72. The molecule has 25 heavy (non-hydrogen) atoms. The molecule has 0 aliphatic rings. The molecule has 3 aromatic rings. The Balaban J connectivity index is 1.71. The smallest absolute Gasteiger partial charge is 0.161 e. The predicted molar refractivity (Wildman–Crippen MR) is 102 cm³/mol. The van der Waals surface area contributed by atoms with E-state index in [4.69, 9.17) is 4.74 Å². The lowest BCUT2D eigenvalue weighted by Gasteiger charge is -2.03. The molecule has 0 amide bonds. The lowest BCUT2D eigenvalue weighted by Crippen LogP contribution is -1.84. The molecule has 0 aliphatic heterocycles. The number of hydrogen-bond acceptors (Lipinski definition) is 3. The first-order valence-corrected chi connectivity index (χ1v) is 7.99. The number of hydrogen-bond donors (Lipinski definition) is 2. The molecule has 0 aliphatic carbocycles. The summed E-state index contributed by atoms with van der Waals surface area (Å²) in [7, 11) is 1.53. The predicted octanol–water partition coefficient (Wildman–Crippen LogP) is 4.77. The average Bonchev–Trinajstić information content (AvgIpc) is 3.07. The summed E-state index contributed by atoms with van der Waals surface area (Å²) < 4.78 is 5.11. The fourth-order valence-electron chi connectivity index (χ4n) is 2.46. The van der Waals surface area contributed by atoms with Gasteiger partial charge in [0.25, 0.3) is 0 Å². The molecule has 1 heterocycles. The van der Waals surface area contributed by atoms with Gasteiger partial charge in [-0.3, -0.25) is 5.10 Å². The maximum absolute atomic E-state index is 9.62. The molecular formula is C21H20N2O2. The van der Waals surface area contributed by atoms with Gasteiger partial charge < -0.3 is 9.84 Å². The van der Waals surface area contributed by atoms with Crippen LogP contribution in [0.4, 0.5) is 0 Å². The van der Waals surface area contributed by atoms with Crippen LogP contribution in [0.3, 0.4) is 0 Å². The fraction of sp³-hybridized carbons (Fsp3) is 0.0952. The summed E-state index contributed by atoms with van der Waals surface area (Å²) in [5.41, 5.74) is 5.08. The molecule has 0 saturated carbocycles. The highest BCUT2D eigenvalue weighted by atomic mass is 16.5. The second kappa shape index (κ2) is 7.53. The van der Waals surface area contributed by atoms with Gasteiger partial charge in [0, 0.05) is 0 Å². The molecule has 0 unspecified atom stereocenters. The van der Waals surface area contributed by atoms with Crippen LogP contribution in [0.1, 0.15) is 28.1 Å². The first-order valence-electron chi connectivity index (χ1n) is 7.99. The minimum Gasteiger partial charge on any atom is -0.504 e. The van der Waals surface area contributed by atoms with Gasteiger partial charge in [0.05, 0.1) is 18.5 Å². The number of aromatic nitrogens is 2. The van der Waals surface area contributed by atoms with Gasteiger partial charge in [-0.1, -0.05) is 48.0 Å². The zero-order valence-electron chi connectivity index (χ0n) is 14.2. The number of nitrogens with one attached hydrogen (secondary N) is 1. The standard InChI is InChI=1S/C21H20N2O2/c1-15-4-3-5-16(12-15)6-9-18-14-19(23-22-18)10-7-17-8-11-20(24)21(13-17)25-2/h3-14,24H,1-2H3,(H,22,23)/b9-6+,10-7+. The SMILES string of the molecule is COc1cc(/C=C/c2cc(/C=C/c3cccc(C)c3)n[nH]2)ccc1O. The van der Waals surface area contributed by atoms with Gasteiger partial charge in [0.15, 0.2) is 11.5 Å². The van der Waals surface area contributed by atoms with Crippen molar-refractivity contribution in [3.05, 3.63) is 76.6 Å². The summed E-state index contributed by atoms with van der Waals surface area (Å²) in [5.74, 6) is 0.582. The topological polar surface area (TPSA) is 58.1 Å².